The Bertz CT molecular complexity index is 376. The Hall–Kier alpha value is -1.18. The Labute approximate surface area is 88.6 Å². The van der Waals surface area contributed by atoms with Crippen LogP contribution in [-0.2, 0) is 19.5 Å². The summed E-state index contributed by atoms with van der Waals surface area (Å²) in [5.74, 6) is -4.06. The number of fused-ring (bicyclic) bond motifs is 1. The van der Waals surface area contributed by atoms with Crippen molar-refractivity contribution in [3.05, 3.63) is 11.4 Å². The van der Waals surface area contributed by atoms with Crippen LogP contribution in [0.15, 0.2) is 0 Å². The van der Waals surface area contributed by atoms with E-state index in [0.29, 0.717) is 30.9 Å². The van der Waals surface area contributed by atoms with Crippen LogP contribution in [0.2, 0.25) is 0 Å². The van der Waals surface area contributed by atoms with Crippen molar-refractivity contribution in [1.82, 2.24) is 20.3 Å². The molecule has 1 N–H and O–H groups in total. The number of rotatable bonds is 3. The summed E-state index contributed by atoms with van der Waals surface area (Å²) in [6, 6.07) is 0. The molecule has 0 aromatic carbocycles. The first-order valence-electron chi connectivity index (χ1n) is 4.78. The number of aromatic nitrogens is 3. The standard InChI is InChI=1S/C8H10F4N4/c9-7(10)8(11,12)4-16-6-1-2-13-3-5(6)14-15-16/h7,13H,1-4H2. The smallest absolute Gasteiger partial charge is 0.311 e. The molecule has 0 fully saturated rings. The molecule has 1 aliphatic heterocycles. The summed E-state index contributed by atoms with van der Waals surface area (Å²) >= 11 is 0. The normalized spacial score (nSPS) is 16.6. The fraction of sp³-hybridized carbons (Fsp3) is 0.750. The number of halogens is 4. The summed E-state index contributed by atoms with van der Waals surface area (Å²) in [6.45, 7) is -0.0663. The molecule has 0 radical (unpaired) electrons. The molecular formula is C8H10F4N4. The van der Waals surface area contributed by atoms with E-state index in [-0.39, 0.29) is 0 Å². The van der Waals surface area contributed by atoms with Gasteiger partial charge in [0.15, 0.2) is 0 Å². The van der Waals surface area contributed by atoms with Crippen LogP contribution in [-0.4, -0.2) is 33.9 Å². The molecule has 0 amide bonds. The van der Waals surface area contributed by atoms with Crippen molar-refractivity contribution in [1.29, 1.82) is 0 Å². The fourth-order valence-corrected chi connectivity index (χ4v) is 1.59. The second-order valence-electron chi connectivity index (χ2n) is 3.63. The lowest BCUT2D eigenvalue weighted by Gasteiger charge is -2.18. The SMILES string of the molecule is FC(F)C(F)(F)Cn1nnc2c1CCNC2. The van der Waals surface area contributed by atoms with Crippen LogP contribution in [0, 0.1) is 0 Å². The van der Waals surface area contributed by atoms with Crippen LogP contribution in [0.1, 0.15) is 11.4 Å². The molecule has 1 aliphatic rings. The fourth-order valence-electron chi connectivity index (χ4n) is 1.59. The molecule has 0 aliphatic carbocycles. The molecule has 0 atom stereocenters. The lowest BCUT2D eigenvalue weighted by atomic mass is 10.2. The minimum Gasteiger partial charge on any atom is -0.311 e. The van der Waals surface area contributed by atoms with Gasteiger partial charge in [-0.2, -0.15) is 8.78 Å². The van der Waals surface area contributed by atoms with Gasteiger partial charge in [-0.3, -0.25) is 0 Å². The van der Waals surface area contributed by atoms with Crippen LogP contribution in [0.3, 0.4) is 0 Å². The summed E-state index contributed by atoms with van der Waals surface area (Å²) in [6.07, 6.45) is -3.21. The number of alkyl halides is 4. The van der Waals surface area contributed by atoms with E-state index >= 15 is 0 Å². The van der Waals surface area contributed by atoms with Crippen molar-refractivity contribution in [3.8, 4) is 0 Å². The zero-order valence-corrected chi connectivity index (χ0v) is 8.26. The van der Waals surface area contributed by atoms with E-state index in [2.05, 4.69) is 15.6 Å². The van der Waals surface area contributed by atoms with Gasteiger partial charge in [-0.05, 0) is 0 Å². The van der Waals surface area contributed by atoms with Gasteiger partial charge in [0.1, 0.15) is 6.54 Å². The first-order chi connectivity index (χ1) is 7.50. The topological polar surface area (TPSA) is 42.7 Å². The zero-order valence-electron chi connectivity index (χ0n) is 8.26. The Kier molecular flexibility index (Phi) is 2.83. The average Bonchev–Trinajstić information content (AvgIpc) is 2.61. The lowest BCUT2D eigenvalue weighted by molar-refractivity contribution is -0.139. The van der Waals surface area contributed by atoms with E-state index in [1.165, 1.54) is 0 Å². The monoisotopic (exact) mass is 238 g/mol. The zero-order chi connectivity index (χ0) is 11.8. The molecule has 16 heavy (non-hydrogen) atoms. The van der Waals surface area contributed by atoms with E-state index in [4.69, 9.17) is 0 Å². The van der Waals surface area contributed by atoms with Crippen molar-refractivity contribution < 1.29 is 17.6 Å². The molecule has 90 valence electrons. The molecule has 0 spiro atoms. The molecule has 0 saturated carbocycles. The van der Waals surface area contributed by atoms with Gasteiger partial charge in [-0.1, -0.05) is 5.21 Å². The van der Waals surface area contributed by atoms with Crippen molar-refractivity contribution in [2.24, 2.45) is 0 Å². The maximum atomic E-state index is 12.8. The molecule has 0 unspecified atom stereocenters. The molecule has 1 aromatic rings. The van der Waals surface area contributed by atoms with Crippen LogP contribution < -0.4 is 5.32 Å². The van der Waals surface area contributed by atoms with E-state index in [9.17, 15) is 17.6 Å². The molecule has 8 heteroatoms. The third kappa shape index (κ3) is 2.01. The second-order valence-corrected chi connectivity index (χ2v) is 3.63. The Balaban J connectivity index is 2.19. The number of hydrogen-bond acceptors (Lipinski definition) is 3. The molecule has 0 bridgehead atoms. The Morgan fingerprint density at radius 3 is 2.88 bits per heavy atom. The minimum absolute atomic E-state index is 0.440. The highest BCUT2D eigenvalue weighted by molar-refractivity contribution is 5.13. The molecule has 2 heterocycles. The molecule has 1 aromatic heterocycles. The summed E-state index contributed by atoms with van der Waals surface area (Å²) in [4.78, 5) is 0. The third-order valence-corrected chi connectivity index (χ3v) is 2.43. The molecule has 2 rings (SSSR count). The Morgan fingerprint density at radius 2 is 2.19 bits per heavy atom. The van der Waals surface area contributed by atoms with Crippen molar-refractivity contribution in [3.63, 3.8) is 0 Å². The van der Waals surface area contributed by atoms with Crippen LogP contribution in [0.4, 0.5) is 17.6 Å². The highest BCUT2D eigenvalue weighted by Gasteiger charge is 2.42. The molecule has 0 saturated heterocycles. The summed E-state index contributed by atoms with van der Waals surface area (Å²) < 4.78 is 50.6. The van der Waals surface area contributed by atoms with Crippen LogP contribution in [0.5, 0.6) is 0 Å². The summed E-state index contributed by atoms with van der Waals surface area (Å²) in [5, 5.41) is 10.1. The number of nitrogens with one attached hydrogen (secondary N) is 1. The van der Waals surface area contributed by atoms with Gasteiger partial charge in [-0.15, -0.1) is 5.10 Å². The van der Waals surface area contributed by atoms with E-state index in [0.717, 1.165) is 4.68 Å². The number of nitrogens with zero attached hydrogens (tertiary/aromatic N) is 3. The third-order valence-electron chi connectivity index (χ3n) is 2.43. The van der Waals surface area contributed by atoms with Gasteiger partial charge < -0.3 is 5.32 Å². The van der Waals surface area contributed by atoms with Gasteiger partial charge in [0.25, 0.3) is 0 Å². The van der Waals surface area contributed by atoms with Gasteiger partial charge >= 0.3 is 12.3 Å². The summed E-state index contributed by atoms with van der Waals surface area (Å²) in [5.41, 5.74) is 1.07. The average molecular weight is 238 g/mol. The predicted molar refractivity (Wildman–Crippen MR) is 46.4 cm³/mol. The lowest BCUT2D eigenvalue weighted by Crippen LogP contribution is -2.34. The highest BCUT2D eigenvalue weighted by Crippen LogP contribution is 2.25. The van der Waals surface area contributed by atoms with E-state index < -0.39 is 18.9 Å². The maximum Gasteiger partial charge on any atom is 0.326 e. The van der Waals surface area contributed by atoms with Crippen LogP contribution >= 0.6 is 0 Å². The minimum atomic E-state index is -4.06. The van der Waals surface area contributed by atoms with Crippen LogP contribution in [0.25, 0.3) is 0 Å². The van der Waals surface area contributed by atoms with Gasteiger partial charge in [0, 0.05) is 19.5 Å². The Morgan fingerprint density at radius 1 is 1.44 bits per heavy atom. The number of hydrogen-bond donors (Lipinski definition) is 1. The quantitative estimate of drug-likeness (QED) is 0.793. The first kappa shape index (κ1) is 11.3. The predicted octanol–water partition coefficient (Wildman–Crippen LogP) is 0.824. The van der Waals surface area contributed by atoms with E-state index in [1.807, 2.05) is 0 Å². The molecule has 4 nitrogen and oxygen atoms in total. The first-order valence-corrected chi connectivity index (χ1v) is 4.78. The second kappa shape index (κ2) is 4.00. The summed E-state index contributed by atoms with van der Waals surface area (Å²) in [7, 11) is 0. The van der Waals surface area contributed by atoms with Gasteiger partial charge in [0.05, 0.1) is 11.4 Å². The molecular weight excluding hydrogens is 228 g/mol. The largest absolute Gasteiger partial charge is 0.326 e. The van der Waals surface area contributed by atoms with Gasteiger partial charge in [0.2, 0.25) is 0 Å². The maximum absolute atomic E-state index is 12.8. The van der Waals surface area contributed by atoms with E-state index in [1.54, 1.807) is 0 Å². The van der Waals surface area contributed by atoms with Gasteiger partial charge in [-0.25, -0.2) is 13.5 Å². The van der Waals surface area contributed by atoms with Crippen molar-refractivity contribution in [2.75, 3.05) is 6.54 Å². The highest BCUT2D eigenvalue weighted by atomic mass is 19.3. The van der Waals surface area contributed by atoms with Crippen molar-refractivity contribution in [2.45, 2.75) is 31.9 Å². The van der Waals surface area contributed by atoms with Crippen molar-refractivity contribution >= 4 is 0 Å².